The third-order valence-electron chi connectivity index (χ3n) is 13.4. The van der Waals surface area contributed by atoms with Crippen LogP contribution in [0.2, 0.25) is 0 Å². The summed E-state index contributed by atoms with van der Waals surface area (Å²) in [6, 6.07) is 13.8. The van der Waals surface area contributed by atoms with Crippen LogP contribution in [0.1, 0.15) is 56.9 Å². The Labute approximate surface area is 331 Å². The second-order valence-electron chi connectivity index (χ2n) is 17.4. The molecule has 0 radical (unpaired) electrons. The molecule has 5 aliphatic rings. The number of piperidine rings is 1. The molecular weight excluding hydrogens is 739 g/mol. The van der Waals surface area contributed by atoms with E-state index in [1.807, 2.05) is 30.0 Å². The van der Waals surface area contributed by atoms with E-state index in [2.05, 4.69) is 21.2 Å². The van der Waals surface area contributed by atoms with E-state index >= 15 is 8.78 Å². The van der Waals surface area contributed by atoms with Crippen LogP contribution in [0, 0.1) is 17.7 Å². The molecule has 2 amide bonds. The van der Waals surface area contributed by atoms with Gasteiger partial charge in [0.25, 0.3) is 0 Å². The van der Waals surface area contributed by atoms with E-state index in [1.54, 1.807) is 35.2 Å². The van der Waals surface area contributed by atoms with Crippen molar-refractivity contribution in [1.82, 2.24) is 24.9 Å². The van der Waals surface area contributed by atoms with Gasteiger partial charge < -0.3 is 29.7 Å². The van der Waals surface area contributed by atoms with Crippen molar-refractivity contribution in [2.45, 2.75) is 78.6 Å². The first-order valence-electron chi connectivity index (χ1n) is 20.6. The molecule has 11 nitrogen and oxygen atoms in total. The van der Waals surface area contributed by atoms with Crippen LogP contribution in [0.3, 0.4) is 0 Å². The Hall–Kier alpha value is -3.33. The van der Waals surface area contributed by atoms with Gasteiger partial charge in [0.2, 0.25) is 5.91 Å². The average molecular weight is 799 g/mol. The van der Waals surface area contributed by atoms with E-state index in [4.69, 9.17) is 4.74 Å². The number of carbonyl (C=O) groups is 2. The van der Waals surface area contributed by atoms with E-state index in [-0.39, 0.29) is 66.1 Å². The Morgan fingerprint density at radius 1 is 0.964 bits per heavy atom. The molecule has 14 heteroatoms. The van der Waals surface area contributed by atoms with Crippen molar-refractivity contribution in [3.63, 3.8) is 0 Å². The maximum absolute atomic E-state index is 16.3. The molecular formula is C42H60F2N6O5S. The monoisotopic (exact) mass is 798 g/mol. The molecule has 0 unspecified atom stereocenters. The van der Waals surface area contributed by atoms with Crippen LogP contribution in [-0.4, -0.2) is 150 Å². The summed E-state index contributed by atoms with van der Waals surface area (Å²) in [5.74, 6) is 0.0891. The summed E-state index contributed by atoms with van der Waals surface area (Å²) in [5, 5.41) is 2.53. The van der Waals surface area contributed by atoms with Gasteiger partial charge in [0.15, 0.2) is 15.5 Å². The number of methoxy groups -OCH3 is 1. The normalized spacial score (nSPS) is 24.6. The molecule has 4 heterocycles. The summed E-state index contributed by atoms with van der Waals surface area (Å²) in [5.41, 5.74) is 0.0281. The van der Waals surface area contributed by atoms with Gasteiger partial charge in [0.05, 0.1) is 25.1 Å². The van der Waals surface area contributed by atoms with E-state index in [0.717, 1.165) is 95.5 Å². The number of halogens is 2. The van der Waals surface area contributed by atoms with Gasteiger partial charge in [-0.3, -0.25) is 9.69 Å². The quantitative estimate of drug-likeness (QED) is 0.278. The highest BCUT2D eigenvalue weighted by molar-refractivity contribution is 7.92. The first-order valence-corrected chi connectivity index (χ1v) is 22.1. The molecule has 0 spiro atoms. The number of hydrogen-bond acceptors (Lipinski definition) is 9. The molecule has 7 rings (SSSR count). The number of sulfone groups is 1. The standard InChI is InChI=1S/C42H60F2N6O5S/c1-46(2)19-6-12-39(51)49-25-36(26-49)56(53,54)35-15-13-34(14-16-35)50-28-41(44,29-50)27-48-22-17-31(18-23-48)42(30-47-20-7-21-47,32-8-4-9-33(43)24-32)37-10-5-11-38(37)45-40(52)55-3/h4,8-9,13-16,24,31,36-38H,5-7,10-12,17-23,25-30H2,1-3H3,(H,45,52)/t37-,38-,42-/m0/s1. The third kappa shape index (κ3) is 8.59. The lowest BCUT2D eigenvalue weighted by molar-refractivity contribution is -0.134. The van der Waals surface area contributed by atoms with Crippen LogP contribution in [0.5, 0.6) is 0 Å². The summed E-state index contributed by atoms with van der Waals surface area (Å²) in [7, 11) is 1.73. The number of anilines is 1. The van der Waals surface area contributed by atoms with Gasteiger partial charge in [-0.15, -0.1) is 0 Å². The summed E-state index contributed by atoms with van der Waals surface area (Å²) in [4.78, 5) is 35.5. The minimum Gasteiger partial charge on any atom is -0.453 e. The van der Waals surface area contributed by atoms with Crippen molar-refractivity contribution in [2.24, 2.45) is 11.8 Å². The van der Waals surface area contributed by atoms with Crippen LogP contribution < -0.4 is 10.2 Å². The molecule has 5 fully saturated rings. The number of ether oxygens (including phenoxy) is 1. The van der Waals surface area contributed by atoms with Crippen LogP contribution in [0.4, 0.5) is 19.3 Å². The lowest BCUT2D eigenvalue weighted by atomic mass is 9.57. The molecule has 0 aromatic heterocycles. The molecule has 0 bridgehead atoms. The highest BCUT2D eigenvalue weighted by Gasteiger charge is 2.54. The molecule has 4 aliphatic heterocycles. The van der Waals surface area contributed by atoms with E-state index in [0.29, 0.717) is 13.0 Å². The van der Waals surface area contributed by atoms with Crippen LogP contribution >= 0.6 is 0 Å². The van der Waals surface area contributed by atoms with E-state index in [9.17, 15) is 18.0 Å². The topological polar surface area (TPSA) is 106 Å². The van der Waals surface area contributed by atoms with Crippen LogP contribution in [0.25, 0.3) is 0 Å². The van der Waals surface area contributed by atoms with Gasteiger partial charge in [0, 0.05) is 49.7 Å². The number of rotatable bonds is 15. The van der Waals surface area contributed by atoms with Gasteiger partial charge in [-0.25, -0.2) is 22.0 Å². The zero-order valence-electron chi connectivity index (χ0n) is 33.3. The van der Waals surface area contributed by atoms with Gasteiger partial charge in [-0.2, -0.15) is 0 Å². The second-order valence-corrected chi connectivity index (χ2v) is 19.6. The van der Waals surface area contributed by atoms with E-state index < -0.39 is 26.8 Å². The van der Waals surface area contributed by atoms with Crippen molar-refractivity contribution in [2.75, 3.05) is 98.1 Å². The third-order valence-corrected chi connectivity index (χ3v) is 15.5. The minimum atomic E-state index is -3.58. The predicted molar refractivity (Wildman–Crippen MR) is 213 cm³/mol. The van der Waals surface area contributed by atoms with Crippen LogP contribution in [0.15, 0.2) is 53.4 Å². The zero-order chi connectivity index (χ0) is 39.7. The fourth-order valence-electron chi connectivity index (χ4n) is 10.2. The first-order chi connectivity index (χ1) is 26.8. The molecule has 56 heavy (non-hydrogen) atoms. The number of likely N-dealkylation sites (tertiary alicyclic amines) is 3. The number of amides is 2. The molecule has 2 aromatic carbocycles. The number of alkyl halides is 1. The largest absolute Gasteiger partial charge is 0.453 e. The van der Waals surface area contributed by atoms with Gasteiger partial charge in [-0.05, 0) is 139 Å². The molecule has 308 valence electrons. The lowest BCUT2D eigenvalue weighted by Crippen LogP contribution is -2.65. The Balaban J connectivity index is 0.958. The summed E-state index contributed by atoms with van der Waals surface area (Å²) in [6.07, 6.45) is 6.35. The molecule has 4 saturated heterocycles. The molecule has 1 aliphatic carbocycles. The molecule has 1 N–H and O–H groups in total. The zero-order valence-corrected chi connectivity index (χ0v) is 34.1. The molecule has 2 aromatic rings. The fourth-order valence-corrected chi connectivity index (χ4v) is 11.9. The summed E-state index contributed by atoms with van der Waals surface area (Å²) >= 11 is 0. The van der Waals surface area contributed by atoms with Crippen molar-refractivity contribution in [3.05, 3.63) is 59.9 Å². The van der Waals surface area contributed by atoms with Crippen molar-refractivity contribution in [3.8, 4) is 0 Å². The Morgan fingerprint density at radius 2 is 1.68 bits per heavy atom. The molecule has 1 saturated carbocycles. The maximum Gasteiger partial charge on any atom is 0.407 e. The Kier molecular flexibility index (Phi) is 12.3. The lowest BCUT2D eigenvalue weighted by Gasteiger charge is -2.54. The maximum atomic E-state index is 16.3. The first kappa shape index (κ1) is 40.9. The Bertz CT molecular complexity index is 1790. The number of benzene rings is 2. The van der Waals surface area contributed by atoms with Crippen LogP contribution in [-0.2, 0) is 24.8 Å². The smallest absolute Gasteiger partial charge is 0.407 e. The molecule has 3 atom stereocenters. The highest BCUT2D eigenvalue weighted by Crippen LogP contribution is 2.51. The number of nitrogens with one attached hydrogen (secondary N) is 1. The van der Waals surface area contributed by atoms with Crippen molar-refractivity contribution in [1.29, 1.82) is 0 Å². The summed E-state index contributed by atoms with van der Waals surface area (Å²) in [6.45, 7) is 6.35. The number of hydrogen-bond donors (Lipinski definition) is 1. The van der Waals surface area contributed by atoms with Crippen molar-refractivity contribution < 1.29 is 31.5 Å². The second kappa shape index (κ2) is 16.9. The highest BCUT2D eigenvalue weighted by atomic mass is 32.2. The number of carbonyl (C=O) groups excluding carboxylic acids is 2. The SMILES string of the molecule is COC(=O)N[C@H]1CCC[C@@H]1[C@](CN1CCC1)(c1cccc(F)c1)C1CCN(CC2(F)CN(c3ccc(S(=O)(=O)C4CN(C(=O)CCCN(C)C)C4)cc3)C2)CC1. The number of nitrogens with zero attached hydrogens (tertiary/aromatic N) is 5. The van der Waals surface area contributed by atoms with Gasteiger partial charge in [-0.1, -0.05) is 18.6 Å². The Morgan fingerprint density at radius 3 is 2.30 bits per heavy atom. The fraction of sp³-hybridized carbons (Fsp3) is 0.667. The van der Waals surface area contributed by atoms with Gasteiger partial charge >= 0.3 is 6.09 Å². The van der Waals surface area contributed by atoms with E-state index in [1.165, 1.54) is 13.2 Å². The van der Waals surface area contributed by atoms with Crippen molar-refractivity contribution >= 4 is 27.5 Å². The summed E-state index contributed by atoms with van der Waals surface area (Å²) < 4.78 is 62.9. The minimum absolute atomic E-state index is 0.00290. The number of alkyl carbamates (subject to hydrolysis) is 1. The average Bonchev–Trinajstić information content (AvgIpc) is 3.58. The van der Waals surface area contributed by atoms with Gasteiger partial charge in [0.1, 0.15) is 11.1 Å². The predicted octanol–water partition coefficient (Wildman–Crippen LogP) is 4.56.